The molecule has 1 amide bonds. The van der Waals surface area contributed by atoms with E-state index in [0.717, 1.165) is 4.47 Å². The van der Waals surface area contributed by atoms with Crippen LogP contribution in [-0.4, -0.2) is 26.6 Å². The lowest BCUT2D eigenvalue weighted by atomic mass is 10.1. The van der Waals surface area contributed by atoms with E-state index >= 15 is 0 Å². The van der Waals surface area contributed by atoms with Gasteiger partial charge in [0.1, 0.15) is 0 Å². The third-order valence-electron chi connectivity index (χ3n) is 2.87. The van der Waals surface area contributed by atoms with E-state index in [9.17, 15) is 13.2 Å². The van der Waals surface area contributed by atoms with Crippen LogP contribution in [0.2, 0.25) is 5.02 Å². The molecule has 0 spiro atoms. The molecule has 1 atom stereocenters. The molecule has 2 rings (SSSR count). The molecule has 8 heteroatoms. The van der Waals surface area contributed by atoms with E-state index in [4.69, 9.17) is 16.7 Å². The summed E-state index contributed by atoms with van der Waals surface area (Å²) in [4.78, 5) is 13.5. The van der Waals surface area contributed by atoms with Crippen LogP contribution < -0.4 is 10.0 Å². The third kappa shape index (κ3) is 3.68. The second-order valence-electron chi connectivity index (χ2n) is 4.50. The highest BCUT2D eigenvalue weighted by Gasteiger charge is 2.33. The average molecular weight is 368 g/mol. The van der Waals surface area contributed by atoms with Crippen molar-refractivity contribution in [2.24, 2.45) is 11.1 Å². The minimum atomic E-state index is -3.57. The molecule has 1 unspecified atom stereocenters. The predicted molar refractivity (Wildman–Crippen MR) is 77.6 cm³/mol. The number of benzene rings is 1. The first-order valence-electron chi connectivity index (χ1n) is 5.52. The number of carbonyl (C=O) groups excluding carboxylic acids is 1. The van der Waals surface area contributed by atoms with Crippen LogP contribution in [0.15, 0.2) is 22.7 Å². The van der Waals surface area contributed by atoms with Gasteiger partial charge in [-0.1, -0.05) is 11.6 Å². The molecule has 1 aliphatic heterocycles. The number of nitrogens with two attached hydrogens (primary N) is 1. The average Bonchev–Trinajstić information content (AvgIpc) is 2.60. The first kappa shape index (κ1) is 14.8. The van der Waals surface area contributed by atoms with Crippen LogP contribution in [-0.2, 0) is 14.8 Å². The van der Waals surface area contributed by atoms with Crippen molar-refractivity contribution in [2.45, 2.75) is 6.42 Å². The highest BCUT2D eigenvalue weighted by molar-refractivity contribution is 9.10. The van der Waals surface area contributed by atoms with Crippen LogP contribution in [0.25, 0.3) is 0 Å². The van der Waals surface area contributed by atoms with Gasteiger partial charge in [-0.05, 0) is 34.1 Å². The van der Waals surface area contributed by atoms with Gasteiger partial charge in [0.05, 0.1) is 11.4 Å². The Balaban J connectivity index is 2.23. The molecular formula is C11H12BrClN2O3S. The van der Waals surface area contributed by atoms with Crippen molar-refractivity contribution >= 4 is 49.1 Å². The minimum absolute atomic E-state index is 0.128. The maximum Gasteiger partial charge on any atom is 0.227 e. The number of primary sulfonamides is 1. The summed E-state index contributed by atoms with van der Waals surface area (Å²) in [5.41, 5.74) is 0.648. The molecule has 0 aliphatic carbocycles. The summed E-state index contributed by atoms with van der Waals surface area (Å²) in [5, 5.41) is 5.53. The second kappa shape index (κ2) is 5.40. The van der Waals surface area contributed by atoms with Crippen molar-refractivity contribution in [3.05, 3.63) is 27.7 Å². The van der Waals surface area contributed by atoms with Crippen LogP contribution in [0.3, 0.4) is 0 Å². The summed E-state index contributed by atoms with van der Waals surface area (Å²) < 4.78 is 22.9. The quantitative estimate of drug-likeness (QED) is 0.883. The Hall–Kier alpha value is -0.630. The van der Waals surface area contributed by atoms with Crippen molar-refractivity contribution in [3.63, 3.8) is 0 Å². The molecule has 0 radical (unpaired) electrons. The lowest BCUT2D eigenvalue weighted by Gasteiger charge is -2.18. The molecule has 0 saturated carbocycles. The molecule has 5 nitrogen and oxygen atoms in total. The number of carbonyl (C=O) groups is 1. The number of amides is 1. The minimum Gasteiger partial charge on any atom is -0.311 e. The topological polar surface area (TPSA) is 80.5 Å². The van der Waals surface area contributed by atoms with Crippen molar-refractivity contribution in [1.82, 2.24) is 0 Å². The van der Waals surface area contributed by atoms with E-state index in [2.05, 4.69) is 15.9 Å². The van der Waals surface area contributed by atoms with Gasteiger partial charge in [-0.15, -0.1) is 0 Å². The van der Waals surface area contributed by atoms with Gasteiger partial charge >= 0.3 is 0 Å². The van der Waals surface area contributed by atoms with Gasteiger partial charge in [-0.25, -0.2) is 13.6 Å². The Morgan fingerprint density at radius 1 is 1.47 bits per heavy atom. The van der Waals surface area contributed by atoms with Crippen LogP contribution in [0.5, 0.6) is 0 Å². The molecule has 0 aromatic heterocycles. The van der Waals surface area contributed by atoms with Crippen molar-refractivity contribution in [2.75, 3.05) is 17.2 Å². The van der Waals surface area contributed by atoms with Crippen molar-refractivity contribution < 1.29 is 13.2 Å². The zero-order valence-electron chi connectivity index (χ0n) is 9.84. The second-order valence-corrected chi connectivity index (χ2v) is 7.45. The molecule has 19 heavy (non-hydrogen) atoms. The van der Waals surface area contributed by atoms with Gasteiger partial charge in [0.2, 0.25) is 15.9 Å². The summed E-state index contributed by atoms with van der Waals surface area (Å²) in [7, 11) is -3.57. The predicted octanol–water partition coefficient (Wildman–Crippen LogP) is 1.74. The molecule has 2 N–H and O–H groups in total. The molecule has 104 valence electrons. The first-order valence-corrected chi connectivity index (χ1v) is 8.41. The fraction of sp³-hybridized carbons (Fsp3) is 0.364. The molecular weight excluding hydrogens is 356 g/mol. The van der Waals surface area contributed by atoms with E-state index < -0.39 is 10.0 Å². The molecule has 1 aliphatic rings. The molecule has 1 aromatic carbocycles. The SMILES string of the molecule is NS(=O)(=O)CC1CC(=O)N(c2cc(Cl)ccc2Br)C1. The van der Waals surface area contributed by atoms with E-state index in [1.54, 1.807) is 18.2 Å². The number of halogens is 2. The monoisotopic (exact) mass is 366 g/mol. The standard InChI is InChI=1S/C11H12BrClN2O3S/c12-9-2-1-8(13)4-10(9)15-5-7(3-11(15)16)6-19(14,17)18/h1-2,4,7H,3,5-6H2,(H2,14,17,18). The smallest absolute Gasteiger partial charge is 0.227 e. The van der Waals surface area contributed by atoms with Gasteiger partial charge in [0.15, 0.2) is 0 Å². The Morgan fingerprint density at radius 2 is 2.16 bits per heavy atom. The Morgan fingerprint density at radius 3 is 2.79 bits per heavy atom. The molecule has 1 heterocycles. The first-order chi connectivity index (χ1) is 8.76. The lowest BCUT2D eigenvalue weighted by Crippen LogP contribution is -2.27. The molecule has 1 fully saturated rings. The molecule has 1 aromatic rings. The maximum absolute atomic E-state index is 12.0. The summed E-state index contributed by atoms with van der Waals surface area (Å²) >= 11 is 9.26. The number of rotatable bonds is 3. The number of anilines is 1. The third-order valence-corrected chi connectivity index (χ3v) is 4.71. The van der Waals surface area contributed by atoms with Crippen molar-refractivity contribution in [3.8, 4) is 0 Å². The zero-order valence-corrected chi connectivity index (χ0v) is 13.0. The van der Waals surface area contributed by atoms with Crippen molar-refractivity contribution in [1.29, 1.82) is 0 Å². The summed E-state index contributed by atoms with van der Waals surface area (Å²) in [5.74, 6) is -0.599. The Kier molecular flexibility index (Phi) is 4.20. The number of nitrogens with zero attached hydrogens (tertiary/aromatic N) is 1. The number of hydrogen-bond donors (Lipinski definition) is 1. The lowest BCUT2D eigenvalue weighted by molar-refractivity contribution is -0.117. The van der Waals surface area contributed by atoms with Gasteiger partial charge in [0, 0.05) is 28.4 Å². The van der Waals surface area contributed by atoms with Crippen LogP contribution in [0.1, 0.15) is 6.42 Å². The van der Waals surface area contributed by atoms with Gasteiger partial charge < -0.3 is 4.90 Å². The highest BCUT2D eigenvalue weighted by Crippen LogP contribution is 2.33. The van der Waals surface area contributed by atoms with E-state index in [1.807, 2.05) is 0 Å². The fourth-order valence-corrected chi connectivity index (χ4v) is 3.65. The Bertz CT molecular complexity index is 620. The summed E-state index contributed by atoms with van der Waals surface area (Å²) in [6.45, 7) is 0.328. The largest absolute Gasteiger partial charge is 0.311 e. The normalized spacial score (nSPS) is 20.1. The molecule has 0 bridgehead atoms. The van der Waals surface area contributed by atoms with Gasteiger partial charge in [0.25, 0.3) is 0 Å². The number of sulfonamides is 1. The van der Waals surface area contributed by atoms with Gasteiger partial charge in [-0.3, -0.25) is 4.79 Å². The van der Waals surface area contributed by atoms with E-state index in [1.165, 1.54) is 4.90 Å². The fourth-order valence-electron chi connectivity index (χ4n) is 2.15. The maximum atomic E-state index is 12.0. The van der Waals surface area contributed by atoms with Crippen LogP contribution in [0, 0.1) is 5.92 Å². The summed E-state index contributed by atoms with van der Waals surface area (Å²) in [6, 6.07) is 5.12. The van der Waals surface area contributed by atoms with E-state index in [0.29, 0.717) is 17.3 Å². The highest BCUT2D eigenvalue weighted by atomic mass is 79.9. The zero-order chi connectivity index (χ0) is 14.2. The van der Waals surface area contributed by atoms with Crippen LogP contribution in [0.4, 0.5) is 5.69 Å². The van der Waals surface area contributed by atoms with Gasteiger partial charge in [-0.2, -0.15) is 0 Å². The Labute approximate surface area is 124 Å². The van der Waals surface area contributed by atoms with Crippen LogP contribution >= 0.6 is 27.5 Å². The summed E-state index contributed by atoms with van der Waals surface area (Å²) in [6.07, 6.45) is 0.176. The molecule has 1 saturated heterocycles. The number of hydrogen-bond acceptors (Lipinski definition) is 3. The van der Waals surface area contributed by atoms with E-state index in [-0.39, 0.29) is 24.0 Å².